The minimum absolute atomic E-state index is 0.181. The second-order valence-corrected chi connectivity index (χ2v) is 6.38. The maximum atomic E-state index is 12.5. The third kappa shape index (κ3) is 2.93. The van der Waals surface area contributed by atoms with Crippen LogP contribution in [0.5, 0.6) is 11.5 Å². The number of ether oxygens (including phenoxy) is 3. The van der Waals surface area contributed by atoms with Gasteiger partial charge in [0.15, 0.2) is 11.9 Å². The molecule has 1 aromatic carbocycles. The smallest absolute Gasteiger partial charge is 0.340 e. The summed E-state index contributed by atoms with van der Waals surface area (Å²) in [6.07, 6.45) is 2.55. The molecule has 2 aliphatic heterocycles. The first-order valence-corrected chi connectivity index (χ1v) is 8.50. The summed E-state index contributed by atoms with van der Waals surface area (Å²) < 4.78 is 22.0. The molecule has 1 fully saturated rings. The molecule has 3 heterocycles. The lowest BCUT2D eigenvalue weighted by Crippen LogP contribution is -2.25. The summed E-state index contributed by atoms with van der Waals surface area (Å²) in [6.45, 7) is 4.15. The average molecular weight is 354 g/mol. The van der Waals surface area contributed by atoms with E-state index in [0.29, 0.717) is 41.4 Å². The van der Waals surface area contributed by atoms with Crippen molar-refractivity contribution in [2.45, 2.75) is 32.8 Å². The molecule has 0 bridgehead atoms. The number of fused-ring (bicyclic) bond motifs is 1. The van der Waals surface area contributed by atoms with Gasteiger partial charge in [-0.05, 0) is 51.0 Å². The molecule has 1 atom stereocenters. The highest BCUT2D eigenvalue weighted by molar-refractivity contribution is 6.14. The molecule has 26 heavy (non-hydrogen) atoms. The lowest BCUT2D eigenvalue weighted by Gasteiger charge is -2.12. The third-order valence-corrected chi connectivity index (χ3v) is 4.47. The van der Waals surface area contributed by atoms with Gasteiger partial charge in [-0.1, -0.05) is 0 Å². The number of benzene rings is 1. The van der Waals surface area contributed by atoms with Crippen LogP contribution in [0.15, 0.2) is 34.4 Å². The van der Waals surface area contributed by atoms with Crippen molar-refractivity contribution in [3.05, 3.63) is 52.7 Å². The average Bonchev–Trinajstić information content (AvgIpc) is 3.34. The Morgan fingerprint density at radius 3 is 2.77 bits per heavy atom. The standard InChI is InChI=1S/C20H18O6/c1-11-5-6-13(24-11)10-17-18(21)14-7-8-15(12(2)19(14)25-17)26-20(22)16-4-3-9-23-16/h5-8,10,16H,3-4,9H2,1-2H3/b17-10-. The Morgan fingerprint density at radius 1 is 1.23 bits per heavy atom. The molecule has 0 N–H and O–H groups in total. The molecule has 6 nitrogen and oxygen atoms in total. The van der Waals surface area contributed by atoms with Gasteiger partial charge < -0.3 is 18.6 Å². The van der Waals surface area contributed by atoms with E-state index in [2.05, 4.69) is 0 Å². The number of ketones is 1. The molecule has 1 unspecified atom stereocenters. The monoisotopic (exact) mass is 354 g/mol. The van der Waals surface area contributed by atoms with Gasteiger partial charge in [-0.25, -0.2) is 4.79 Å². The summed E-state index contributed by atoms with van der Waals surface area (Å²) in [5.41, 5.74) is 1.04. The molecule has 0 radical (unpaired) electrons. The van der Waals surface area contributed by atoms with E-state index in [0.717, 1.165) is 12.2 Å². The number of allylic oxidation sites excluding steroid dienone is 1. The number of esters is 1. The van der Waals surface area contributed by atoms with Crippen LogP contribution in [0.4, 0.5) is 0 Å². The number of carbonyl (C=O) groups is 2. The molecule has 2 aliphatic rings. The van der Waals surface area contributed by atoms with E-state index in [-0.39, 0.29) is 11.5 Å². The van der Waals surface area contributed by atoms with Crippen molar-refractivity contribution in [2.24, 2.45) is 0 Å². The first-order valence-electron chi connectivity index (χ1n) is 8.50. The molecule has 1 saturated heterocycles. The molecule has 0 aliphatic carbocycles. The predicted octanol–water partition coefficient (Wildman–Crippen LogP) is 3.60. The fourth-order valence-electron chi connectivity index (χ4n) is 3.08. The largest absolute Gasteiger partial charge is 0.462 e. The maximum absolute atomic E-state index is 12.5. The zero-order valence-corrected chi connectivity index (χ0v) is 14.5. The maximum Gasteiger partial charge on any atom is 0.340 e. The van der Waals surface area contributed by atoms with Crippen molar-refractivity contribution >= 4 is 17.8 Å². The van der Waals surface area contributed by atoms with Gasteiger partial charge in [0, 0.05) is 18.2 Å². The van der Waals surface area contributed by atoms with Gasteiger partial charge in [0.2, 0.25) is 5.78 Å². The molecule has 6 heteroatoms. The highest BCUT2D eigenvalue weighted by Gasteiger charge is 2.32. The number of hydrogen-bond acceptors (Lipinski definition) is 6. The fraction of sp³-hybridized carbons (Fsp3) is 0.300. The van der Waals surface area contributed by atoms with Gasteiger partial charge >= 0.3 is 5.97 Å². The lowest BCUT2D eigenvalue weighted by atomic mass is 10.1. The van der Waals surface area contributed by atoms with Crippen molar-refractivity contribution in [3.63, 3.8) is 0 Å². The Kier molecular flexibility index (Phi) is 4.12. The first kappa shape index (κ1) is 16.6. The van der Waals surface area contributed by atoms with Gasteiger partial charge in [-0.3, -0.25) is 4.79 Å². The van der Waals surface area contributed by atoms with E-state index in [9.17, 15) is 9.59 Å². The van der Waals surface area contributed by atoms with Crippen molar-refractivity contribution in [3.8, 4) is 11.5 Å². The summed E-state index contributed by atoms with van der Waals surface area (Å²) in [4.78, 5) is 24.7. The molecule has 1 aromatic heterocycles. The van der Waals surface area contributed by atoms with Crippen molar-refractivity contribution < 1.29 is 28.2 Å². The number of Topliss-reactive ketones (excluding diaryl/α,β-unsaturated/α-hetero) is 1. The lowest BCUT2D eigenvalue weighted by molar-refractivity contribution is -0.144. The van der Waals surface area contributed by atoms with Crippen LogP contribution in [-0.2, 0) is 9.53 Å². The van der Waals surface area contributed by atoms with Crippen LogP contribution < -0.4 is 9.47 Å². The minimum atomic E-state index is -0.525. The van der Waals surface area contributed by atoms with Crippen LogP contribution in [-0.4, -0.2) is 24.5 Å². The first-order chi connectivity index (χ1) is 12.5. The van der Waals surface area contributed by atoms with Crippen LogP contribution in [0.3, 0.4) is 0 Å². The Bertz CT molecular complexity index is 914. The SMILES string of the molecule is Cc1ccc(/C=C2\Oc3c(ccc(OC(=O)C4CCCO4)c3C)C2=O)o1. The van der Waals surface area contributed by atoms with Gasteiger partial charge in [-0.2, -0.15) is 0 Å². The minimum Gasteiger partial charge on any atom is -0.462 e. The zero-order chi connectivity index (χ0) is 18.3. The van der Waals surface area contributed by atoms with E-state index in [1.54, 1.807) is 31.2 Å². The highest BCUT2D eigenvalue weighted by Crippen LogP contribution is 2.39. The number of hydrogen-bond donors (Lipinski definition) is 0. The molecular weight excluding hydrogens is 336 g/mol. The van der Waals surface area contributed by atoms with Gasteiger partial charge in [0.1, 0.15) is 23.0 Å². The van der Waals surface area contributed by atoms with E-state index in [1.165, 1.54) is 0 Å². The number of rotatable bonds is 3. The summed E-state index contributed by atoms with van der Waals surface area (Å²) in [6, 6.07) is 6.80. The summed E-state index contributed by atoms with van der Waals surface area (Å²) >= 11 is 0. The topological polar surface area (TPSA) is 75.0 Å². The van der Waals surface area contributed by atoms with E-state index in [4.69, 9.17) is 18.6 Å². The Hall–Kier alpha value is -2.86. The Balaban J connectivity index is 1.59. The summed E-state index contributed by atoms with van der Waals surface area (Å²) in [5, 5.41) is 0. The quantitative estimate of drug-likeness (QED) is 0.476. The van der Waals surface area contributed by atoms with Crippen LogP contribution in [0, 0.1) is 13.8 Å². The van der Waals surface area contributed by atoms with Crippen molar-refractivity contribution in [1.82, 2.24) is 0 Å². The van der Waals surface area contributed by atoms with Crippen LogP contribution in [0.2, 0.25) is 0 Å². The number of carbonyl (C=O) groups excluding carboxylic acids is 2. The Morgan fingerprint density at radius 2 is 2.08 bits per heavy atom. The van der Waals surface area contributed by atoms with Crippen molar-refractivity contribution in [2.75, 3.05) is 6.61 Å². The fourth-order valence-corrected chi connectivity index (χ4v) is 3.08. The zero-order valence-electron chi connectivity index (χ0n) is 14.5. The third-order valence-electron chi connectivity index (χ3n) is 4.47. The molecular formula is C20H18O6. The van der Waals surface area contributed by atoms with Crippen LogP contribution in [0.25, 0.3) is 6.08 Å². The second-order valence-electron chi connectivity index (χ2n) is 6.38. The molecule has 2 aromatic rings. The molecule has 0 saturated carbocycles. The van der Waals surface area contributed by atoms with Crippen LogP contribution >= 0.6 is 0 Å². The van der Waals surface area contributed by atoms with E-state index in [1.807, 2.05) is 13.0 Å². The molecule has 4 rings (SSSR count). The van der Waals surface area contributed by atoms with Gasteiger partial charge in [0.05, 0.1) is 5.56 Å². The molecule has 0 spiro atoms. The van der Waals surface area contributed by atoms with E-state index < -0.39 is 12.1 Å². The number of furan rings is 1. The van der Waals surface area contributed by atoms with Crippen molar-refractivity contribution in [1.29, 1.82) is 0 Å². The summed E-state index contributed by atoms with van der Waals surface area (Å²) in [5.74, 6) is 1.60. The normalized spacial score (nSPS) is 20.3. The van der Waals surface area contributed by atoms with E-state index >= 15 is 0 Å². The van der Waals surface area contributed by atoms with Gasteiger partial charge in [0.25, 0.3) is 0 Å². The second kappa shape index (κ2) is 6.46. The van der Waals surface area contributed by atoms with Crippen LogP contribution in [0.1, 0.15) is 40.3 Å². The molecule has 0 amide bonds. The number of aryl methyl sites for hydroxylation is 1. The summed E-state index contributed by atoms with van der Waals surface area (Å²) in [7, 11) is 0. The molecule has 134 valence electrons. The highest BCUT2D eigenvalue weighted by atomic mass is 16.6. The Labute approximate surface area is 150 Å². The van der Waals surface area contributed by atoms with Gasteiger partial charge in [-0.15, -0.1) is 0 Å². The predicted molar refractivity (Wildman–Crippen MR) is 92.2 cm³/mol.